The Bertz CT molecular complexity index is 360. The molecule has 2 heteroatoms. The first-order valence-corrected chi connectivity index (χ1v) is 6.69. The number of hydrogen-bond acceptors (Lipinski definition) is 2. The van der Waals surface area contributed by atoms with E-state index in [1.165, 1.54) is 30.4 Å². The second kappa shape index (κ2) is 5.65. The topological polar surface area (TPSA) is 35.2 Å². The molecule has 1 aliphatic rings. The van der Waals surface area contributed by atoms with Gasteiger partial charge in [0.05, 0.1) is 12.1 Å². The van der Waals surface area contributed by atoms with Crippen LogP contribution < -0.4 is 5.73 Å². The Morgan fingerprint density at radius 1 is 1.41 bits per heavy atom. The SMILES string of the molecule is CCOC(C)C(N)c1cccc(C2CCC2)c1. The van der Waals surface area contributed by atoms with Crippen molar-refractivity contribution in [2.45, 2.75) is 51.2 Å². The molecule has 2 N–H and O–H groups in total. The number of benzene rings is 1. The molecule has 0 bridgehead atoms. The number of hydrogen-bond donors (Lipinski definition) is 1. The Kier molecular flexibility index (Phi) is 4.19. The van der Waals surface area contributed by atoms with Gasteiger partial charge < -0.3 is 10.5 Å². The second-order valence-corrected chi connectivity index (χ2v) is 4.98. The van der Waals surface area contributed by atoms with E-state index in [1.54, 1.807) is 0 Å². The monoisotopic (exact) mass is 233 g/mol. The molecule has 17 heavy (non-hydrogen) atoms. The van der Waals surface area contributed by atoms with Gasteiger partial charge in [0.1, 0.15) is 0 Å². The van der Waals surface area contributed by atoms with E-state index in [2.05, 4.69) is 24.3 Å². The molecular formula is C15H23NO. The summed E-state index contributed by atoms with van der Waals surface area (Å²) in [6, 6.07) is 8.72. The van der Waals surface area contributed by atoms with Gasteiger partial charge in [-0.1, -0.05) is 30.7 Å². The summed E-state index contributed by atoms with van der Waals surface area (Å²) in [7, 11) is 0. The third kappa shape index (κ3) is 2.88. The molecule has 0 saturated heterocycles. The zero-order chi connectivity index (χ0) is 12.3. The summed E-state index contributed by atoms with van der Waals surface area (Å²) in [6.07, 6.45) is 4.12. The van der Waals surface area contributed by atoms with Crippen LogP contribution in [-0.2, 0) is 4.74 Å². The lowest BCUT2D eigenvalue weighted by Crippen LogP contribution is -2.26. The fraction of sp³-hybridized carbons (Fsp3) is 0.600. The van der Waals surface area contributed by atoms with Gasteiger partial charge in [0, 0.05) is 6.61 Å². The number of nitrogens with two attached hydrogens (primary N) is 1. The van der Waals surface area contributed by atoms with Gasteiger partial charge in [-0.15, -0.1) is 0 Å². The predicted molar refractivity (Wildman–Crippen MR) is 71.1 cm³/mol. The quantitative estimate of drug-likeness (QED) is 0.846. The zero-order valence-corrected chi connectivity index (χ0v) is 10.9. The van der Waals surface area contributed by atoms with E-state index in [0.717, 1.165) is 12.5 Å². The maximum Gasteiger partial charge on any atom is 0.0739 e. The van der Waals surface area contributed by atoms with Crippen molar-refractivity contribution in [2.75, 3.05) is 6.61 Å². The molecule has 2 unspecified atom stereocenters. The third-order valence-electron chi connectivity index (χ3n) is 3.81. The highest BCUT2D eigenvalue weighted by molar-refractivity contribution is 5.30. The van der Waals surface area contributed by atoms with E-state index in [0.29, 0.717) is 0 Å². The molecule has 0 amide bonds. The minimum atomic E-state index is -0.0185. The minimum absolute atomic E-state index is 0.0185. The first-order chi connectivity index (χ1) is 8.22. The van der Waals surface area contributed by atoms with Crippen molar-refractivity contribution in [3.63, 3.8) is 0 Å². The van der Waals surface area contributed by atoms with E-state index in [4.69, 9.17) is 10.5 Å². The fourth-order valence-electron chi connectivity index (χ4n) is 2.40. The largest absolute Gasteiger partial charge is 0.377 e. The van der Waals surface area contributed by atoms with E-state index in [1.807, 2.05) is 13.8 Å². The van der Waals surface area contributed by atoms with Crippen molar-refractivity contribution in [3.8, 4) is 0 Å². The summed E-state index contributed by atoms with van der Waals surface area (Å²) < 4.78 is 5.57. The van der Waals surface area contributed by atoms with Gasteiger partial charge in [-0.3, -0.25) is 0 Å². The van der Waals surface area contributed by atoms with Crippen molar-refractivity contribution in [1.29, 1.82) is 0 Å². The highest BCUT2D eigenvalue weighted by Crippen LogP contribution is 2.37. The smallest absolute Gasteiger partial charge is 0.0739 e. The molecule has 1 aromatic carbocycles. The summed E-state index contributed by atoms with van der Waals surface area (Å²) in [5.74, 6) is 0.768. The van der Waals surface area contributed by atoms with E-state index < -0.39 is 0 Å². The molecule has 0 spiro atoms. The summed E-state index contributed by atoms with van der Waals surface area (Å²) >= 11 is 0. The fourth-order valence-corrected chi connectivity index (χ4v) is 2.40. The van der Waals surface area contributed by atoms with Gasteiger partial charge in [-0.05, 0) is 43.7 Å². The van der Waals surface area contributed by atoms with Crippen molar-refractivity contribution >= 4 is 0 Å². The summed E-state index contributed by atoms with van der Waals surface area (Å²) in [5.41, 5.74) is 8.88. The Morgan fingerprint density at radius 2 is 2.18 bits per heavy atom. The molecule has 0 heterocycles. The number of ether oxygens (including phenoxy) is 1. The average molecular weight is 233 g/mol. The Balaban J connectivity index is 2.09. The third-order valence-corrected chi connectivity index (χ3v) is 3.81. The van der Waals surface area contributed by atoms with Gasteiger partial charge in [0.15, 0.2) is 0 Å². The minimum Gasteiger partial charge on any atom is -0.377 e. The molecule has 1 aliphatic carbocycles. The van der Waals surface area contributed by atoms with Crippen LogP contribution in [-0.4, -0.2) is 12.7 Å². The van der Waals surface area contributed by atoms with Crippen LogP contribution in [0.3, 0.4) is 0 Å². The number of rotatable bonds is 5. The maximum absolute atomic E-state index is 6.23. The molecule has 2 atom stereocenters. The lowest BCUT2D eigenvalue weighted by molar-refractivity contribution is 0.0574. The second-order valence-electron chi connectivity index (χ2n) is 4.98. The van der Waals surface area contributed by atoms with Crippen LogP contribution in [0.25, 0.3) is 0 Å². The molecule has 2 rings (SSSR count). The molecule has 0 radical (unpaired) electrons. The van der Waals surface area contributed by atoms with Gasteiger partial charge in [0.2, 0.25) is 0 Å². The molecule has 94 valence electrons. The van der Waals surface area contributed by atoms with Crippen LogP contribution in [0.4, 0.5) is 0 Å². The predicted octanol–water partition coefficient (Wildman–Crippen LogP) is 3.38. The first-order valence-electron chi connectivity index (χ1n) is 6.69. The Hall–Kier alpha value is -0.860. The van der Waals surface area contributed by atoms with E-state index in [9.17, 15) is 0 Å². The molecule has 1 saturated carbocycles. The summed E-state index contributed by atoms with van der Waals surface area (Å²) in [6.45, 7) is 4.77. The molecule has 2 nitrogen and oxygen atoms in total. The zero-order valence-electron chi connectivity index (χ0n) is 10.9. The van der Waals surface area contributed by atoms with Gasteiger partial charge >= 0.3 is 0 Å². The molecule has 0 aromatic heterocycles. The Morgan fingerprint density at radius 3 is 2.76 bits per heavy atom. The lowest BCUT2D eigenvalue weighted by Gasteiger charge is -2.27. The molecule has 1 fully saturated rings. The van der Waals surface area contributed by atoms with E-state index in [-0.39, 0.29) is 12.1 Å². The Labute approximate surface area is 104 Å². The van der Waals surface area contributed by atoms with Crippen molar-refractivity contribution in [3.05, 3.63) is 35.4 Å². The highest BCUT2D eigenvalue weighted by atomic mass is 16.5. The van der Waals surface area contributed by atoms with Crippen molar-refractivity contribution < 1.29 is 4.74 Å². The van der Waals surface area contributed by atoms with E-state index >= 15 is 0 Å². The van der Waals surface area contributed by atoms with Crippen LogP contribution in [0.15, 0.2) is 24.3 Å². The first kappa shape index (κ1) is 12.6. The van der Waals surface area contributed by atoms with Crippen LogP contribution in [0.5, 0.6) is 0 Å². The lowest BCUT2D eigenvalue weighted by atomic mass is 9.79. The standard InChI is InChI=1S/C15H23NO/c1-3-17-11(2)15(16)14-9-5-8-13(10-14)12-6-4-7-12/h5,8-12,15H,3-4,6-7,16H2,1-2H3. The van der Waals surface area contributed by atoms with Gasteiger partial charge in [0.25, 0.3) is 0 Å². The van der Waals surface area contributed by atoms with Crippen LogP contribution >= 0.6 is 0 Å². The van der Waals surface area contributed by atoms with Crippen LogP contribution in [0, 0.1) is 0 Å². The molecule has 0 aliphatic heterocycles. The highest BCUT2D eigenvalue weighted by Gasteiger charge is 2.21. The molecular weight excluding hydrogens is 210 g/mol. The average Bonchev–Trinajstić information content (AvgIpc) is 2.26. The maximum atomic E-state index is 6.23. The van der Waals surface area contributed by atoms with Crippen LogP contribution in [0.2, 0.25) is 0 Å². The summed E-state index contributed by atoms with van der Waals surface area (Å²) in [5, 5.41) is 0. The van der Waals surface area contributed by atoms with Gasteiger partial charge in [-0.2, -0.15) is 0 Å². The van der Waals surface area contributed by atoms with Crippen molar-refractivity contribution in [2.24, 2.45) is 5.73 Å². The normalized spacial score (nSPS) is 19.7. The molecule has 1 aromatic rings. The van der Waals surface area contributed by atoms with Crippen LogP contribution in [0.1, 0.15) is 56.2 Å². The van der Waals surface area contributed by atoms with Gasteiger partial charge in [-0.25, -0.2) is 0 Å². The summed E-state index contributed by atoms with van der Waals surface area (Å²) in [4.78, 5) is 0. The van der Waals surface area contributed by atoms with Crippen molar-refractivity contribution in [1.82, 2.24) is 0 Å².